The predicted molar refractivity (Wildman–Crippen MR) is 80.6 cm³/mol. The summed E-state index contributed by atoms with van der Waals surface area (Å²) in [7, 11) is 0. The normalized spacial score (nSPS) is 19.0. The minimum Gasteiger partial charge on any atom is -0.491 e. The van der Waals surface area contributed by atoms with E-state index >= 15 is 0 Å². The molecule has 0 saturated carbocycles. The van der Waals surface area contributed by atoms with Crippen molar-refractivity contribution in [2.75, 3.05) is 19.8 Å². The van der Waals surface area contributed by atoms with E-state index in [9.17, 15) is 5.11 Å². The highest BCUT2D eigenvalue weighted by Crippen LogP contribution is 2.15. The van der Waals surface area contributed by atoms with Crippen molar-refractivity contribution in [2.24, 2.45) is 0 Å². The SMILES string of the molecule is N=C1NC[C@@H](CCCc2ccc(OC[C@@H](O)CO)cc2)N1. The molecular formula is C15H23N3O3. The third kappa shape index (κ3) is 5.24. The Morgan fingerprint density at radius 1 is 1.33 bits per heavy atom. The number of ether oxygens (including phenoxy) is 1. The van der Waals surface area contributed by atoms with Crippen molar-refractivity contribution in [1.82, 2.24) is 10.6 Å². The van der Waals surface area contributed by atoms with Crippen LogP contribution in [-0.2, 0) is 6.42 Å². The quantitative estimate of drug-likeness (QED) is 0.473. The molecule has 2 rings (SSSR count). The Labute approximate surface area is 124 Å². The zero-order valence-electron chi connectivity index (χ0n) is 12.0. The van der Waals surface area contributed by atoms with E-state index in [0.29, 0.717) is 17.8 Å². The summed E-state index contributed by atoms with van der Waals surface area (Å²) < 4.78 is 5.36. The standard InChI is InChI=1S/C15H23N3O3/c16-15-17-8-12(18-15)3-1-2-11-4-6-14(7-5-11)21-10-13(20)9-19/h4-7,12-13,19-20H,1-3,8-10H2,(H3,16,17,18)/t12-,13+/m1/s1. The zero-order chi connectivity index (χ0) is 15.1. The first-order valence-corrected chi connectivity index (χ1v) is 7.27. The lowest BCUT2D eigenvalue weighted by Gasteiger charge is -2.11. The number of benzene rings is 1. The molecule has 0 unspecified atom stereocenters. The predicted octanol–water partition coefficient (Wildman–Crippen LogP) is 0.237. The van der Waals surface area contributed by atoms with Crippen molar-refractivity contribution in [1.29, 1.82) is 5.41 Å². The van der Waals surface area contributed by atoms with Crippen LogP contribution in [0.25, 0.3) is 0 Å². The number of aliphatic hydroxyl groups is 2. The highest BCUT2D eigenvalue weighted by atomic mass is 16.5. The van der Waals surface area contributed by atoms with E-state index in [0.717, 1.165) is 25.8 Å². The molecule has 1 fully saturated rings. The van der Waals surface area contributed by atoms with Crippen LogP contribution >= 0.6 is 0 Å². The number of guanidine groups is 1. The van der Waals surface area contributed by atoms with Gasteiger partial charge in [0.1, 0.15) is 18.5 Å². The first-order chi connectivity index (χ1) is 10.2. The molecule has 21 heavy (non-hydrogen) atoms. The number of hydrogen-bond acceptors (Lipinski definition) is 4. The van der Waals surface area contributed by atoms with Crippen molar-refractivity contribution < 1.29 is 14.9 Å². The Morgan fingerprint density at radius 2 is 2.10 bits per heavy atom. The van der Waals surface area contributed by atoms with Gasteiger partial charge in [-0.2, -0.15) is 0 Å². The van der Waals surface area contributed by atoms with Gasteiger partial charge in [0.05, 0.1) is 6.61 Å². The summed E-state index contributed by atoms with van der Waals surface area (Å²) in [5.41, 5.74) is 1.24. The summed E-state index contributed by atoms with van der Waals surface area (Å²) in [6.45, 7) is 0.639. The van der Waals surface area contributed by atoms with Gasteiger partial charge in [0.25, 0.3) is 0 Å². The molecule has 0 radical (unpaired) electrons. The van der Waals surface area contributed by atoms with E-state index in [4.69, 9.17) is 15.3 Å². The maximum atomic E-state index is 9.21. The van der Waals surface area contributed by atoms with Crippen molar-refractivity contribution in [3.8, 4) is 5.75 Å². The molecule has 0 aliphatic carbocycles. The second-order valence-electron chi connectivity index (χ2n) is 5.28. The van der Waals surface area contributed by atoms with Gasteiger partial charge in [-0.25, -0.2) is 0 Å². The van der Waals surface area contributed by atoms with E-state index in [1.807, 2.05) is 24.3 Å². The van der Waals surface area contributed by atoms with Gasteiger partial charge >= 0.3 is 0 Å². The van der Waals surface area contributed by atoms with Crippen LogP contribution in [-0.4, -0.2) is 48.1 Å². The van der Waals surface area contributed by atoms with E-state index in [1.54, 1.807) is 0 Å². The van der Waals surface area contributed by atoms with Crippen LogP contribution in [0.1, 0.15) is 18.4 Å². The summed E-state index contributed by atoms with van der Waals surface area (Å²) in [6, 6.07) is 8.15. The molecule has 1 aromatic carbocycles. The highest BCUT2D eigenvalue weighted by molar-refractivity contribution is 5.78. The molecule has 5 N–H and O–H groups in total. The molecule has 0 bridgehead atoms. The molecule has 0 spiro atoms. The average molecular weight is 293 g/mol. The van der Waals surface area contributed by atoms with Crippen LogP contribution in [0.2, 0.25) is 0 Å². The number of aliphatic hydroxyl groups excluding tert-OH is 2. The van der Waals surface area contributed by atoms with E-state index in [1.165, 1.54) is 5.56 Å². The fourth-order valence-electron chi connectivity index (χ4n) is 2.26. The molecule has 1 aromatic rings. The molecule has 6 nitrogen and oxygen atoms in total. The van der Waals surface area contributed by atoms with Gasteiger partial charge < -0.3 is 25.6 Å². The average Bonchev–Trinajstić information content (AvgIpc) is 2.91. The summed E-state index contributed by atoms with van der Waals surface area (Å²) in [5.74, 6) is 1.12. The summed E-state index contributed by atoms with van der Waals surface area (Å²) in [5, 5.41) is 31.4. The first kappa shape index (κ1) is 15.6. The molecule has 1 heterocycles. The molecule has 1 saturated heterocycles. The Hall–Kier alpha value is -1.79. The molecule has 116 valence electrons. The fourth-order valence-corrected chi connectivity index (χ4v) is 2.26. The third-order valence-electron chi connectivity index (χ3n) is 3.47. The Balaban J connectivity index is 1.68. The van der Waals surface area contributed by atoms with Gasteiger partial charge in [0.15, 0.2) is 5.96 Å². The van der Waals surface area contributed by atoms with Crippen LogP contribution in [0.15, 0.2) is 24.3 Å². The van der Waals surface area contributed by atoms with Gasteiger partial charge in [-0.3, -0.25) is 5.41 Å². The van der Waals surface area contributed by atoms with E-state index < -0.39 is 6.10 Å². The van der Waals surface area contributed by atoms with Crippen LogP contribution in [0.3, 0.4) is 0 Å². The Morgan fingerprint density at radius 3 is 2.71 bits per heavy atom. The van der Waals surface area contributed by atoms with Crippen LogP contribution < -0.4 is 15.4 Å². The van der Waals surface area contributed by atoms with Crippen molar-refractivity contribution in [2.45, 2.75) is 31.4 Å². The third-order valence-corrected chi connectivity index (χ3v) is 3.47. The minimum absolute atomic E-state index is 0.0994. The molecule has 1 aliphatic rings. The topological polar surface area (TPSA) is 97.6 Å². The molecule has 1 aliphatic heterocycles. The zero-order valence-corrected chi connectivity index (χ0v) is 12.0. The van der Waals surface area contributed by atoms with Gasteiger partial charge in [-0.15, -0.1) is 0 Å². The van der Waals surface area contributed by atoms with Gasteiger partial charge in [0.2, 0.25) is 0 Å². The van der Waals surface area contributed by atoms with Crippen molar-refractivity contribution in [3.05, 3.63) is 29.8 Å². The highest BCUT2D eigenvalue weighted by Gasteiger charge is 2.16. The first-order valence-electron chi connectivity index (χ1n) is 7.27. The Bertz CT molecular complexity index is 450. The lowest BCUT2D eigenvalue weighted by molar-refractivity contribution is 0.0536. The van der Waals surface area contributed by atoms with Crippen molar-refractivity contribution >= 4 is 5.96 Å². The smallest absolute Gasteiger partial charge is 0.188 e. The minimum atomic E-state index is -0.837. The fraction of sp³-hybridized carbons (Fsp3) is 0.533. The molecule has 0 amide bonds. The molecule has 0 aromatic heterocycles. The van der Waals surface area contributed by atoms with Gasteiger partial charge in [0, 0.05) is 12.6 Å². The van der Waals surface area contributed by atoms with Gasteiger partial charge in [-0.1, -0.05) is 12.1 Å². The van der Waals surface area contributed by atoms with Crippen molar-refractivity contribution in [3.63, 3.8) is 0 Å². The molecular weight excluding hydrogens is 270 g/mol. The van der Waals surface area contributed by atoms with Crippen LogP contribution in [0.4, 0.5) is 0 Å². The molecule has 6 heteroatoms. The lowest BCUT2D eigenvalue weighted by Crippen LogP contribution is -2.27. The lowest BCUT2D eigenvalue weighted by atomic mass is 10.1. The summed E-state index contributed by atoms with van der Waals surface area (Å²) in [4.78, 5) is 0. The van der Waals surface area contributed by atoms with E-state index in [2.05, 4.69) is 10.6 Å². The summed E-state index contributed by atoms with van der Waals surface area (Å²) >= 11 is 0. The van der Waals surface area contributed by atoms with Crippen LogP contribution in [0.5, 0.6) is 5.75 Å². The second kappa shape index (κ2) is 7.85. The molecule has 2 atom stereocenters. The van der Waals surface area contributed by atoms with Crippen LogP contribution in [0, 0.1) is 5.41 Å². The maximum absolute atomic E-state index is 9.21. The maximum Gasteiger partial charge on any atom is 0.188 e. The Kier molecular flexibility index (Phi) is 5.83. The largest absolute Gasteiger partial charge is 0.491 e. The van der Waals surface area contributed by atoms with E-state index in [-0.39, 0.29) is 13.2 Å². The summed E-state index contributed by atoms with van der Waals surface area (Å²) in [6.07, 6.45) is 2.26. The number of rotatable bonds is 8. The monoisotopic (exact) mass is 293 g/mol. The number of hydrogen-bond donors (Lipinski definition) is 5. The number of nitrogens with one attached hydrogen (secondary N) is 3. The second-order valence-corrected chi connectivity index (χ2v) is 5.28. The number of aryl methyl sites for hydroxylation is 1. The van der Waals surface area contributed by atoms with Gasteiger partial charge in [-0.05, 0) is 37.0 Å².